The molecule has 1 fully saturated rings. The van der Waals surface area contributed by atoms with Crippen molar-refractivity contribution < 1.29 is 9.53 Å². The van der Waals surface area contributed by atoms with Crippen LogP contribution in [0.2, 0.25) is 0 Å². The Balaban J connectivity index is 1.85. The average molecular weight is 422 g/mol. The number of carbonyl (C=O) groups excluding carboxylic acids is 1. The van der Waals surface area contributed by atoms with Crippen LogP contribution >= 0.6 is 24.0 Å². The van der Waals surface area contributed by atoms with E-state index in [0.29, 0.717) is 9.23 Å². The van der Waals surface area contributed by atoms with Crippen LogP contribution in [-0.2, 0) is 4.79 Å². The Labute approximate surface area is 179 Å². The van der Waals surface area contributed by atoms with Crippen LogP contribution in [-0.4, -0.2) is 39.1 Å². The lowest BCUT2D eigenvalue weighted by molar-refractivity contribution is -0.121. The van der Waals surface area contributed by atoms with E-state index in [1.807, 2.05) is 72.4 Å². The molecule has 1 saturated heterocycles. The van der Waals surface area contributed by atoms with E-state index in [1.54, 1.807) is 14.2 Å². The fraction of sp³-hybridized carbons (Fsp3) is 0.136. The summed E-state index contributed by atoms with van der Waals surface area (Å²) in [6.07, 6.45) is 3.80. The molecule has 3 aromatic rings. The van der Waals surface area contributed by atoms with Crippen molar-refractivity contribution in [1.29, 1.82) is 0 Å². The number of rotatable bonds is 4. The molecule has 0 unspecified atom stereocenters. The molecule has 5 nitrogen and oxygen atoms in total. The number of aryl methyl sites for hydroxylation is 1. The summed E-state index contributed by atoms with van der Waals surface area (Å²) in [6, 6.07) is 15.8. The molecule has 0 aliphatic carbocycles. The van der Waals surface area contributed by atoms with Gasteiger partial charge < -0.3 is 4.74 Å². The molecule has 1 amide bonds. The molecule has 1 aliphatic rings. The van der Waals surface area contributed by atoms with E-state index >= 15 is 0 Å². The van der Waals surface area contributed by atoms with Gasteiger partial charge in [-0.15, -0.1) is 0 Å². The number of methoxy groups -OCH3 is 1. The molecule has 146 valence electrons. The lowest BCUT2D eigenvalue weighted by Crippen LogP contribution is -2.22. The largest absolute Gasteiger partial charge is 0.496 e. The SMILES string of the molecule is COc1ccc(-c2nn(-c3ccccc3)cc2C=C2SC(=S)N(C)C2=O)cc1C. The third-order valence-corrected chi connectivity index (χ3v) is 6.19. The van der Waals surface area contributed by atoms with Gasteiger partial charge in [0.05, 0.1) is 17.7 Å². The number of amides is 1. The maximum Gasteiger partial charge on any atom is 0.265 e. The first-order valence-electron chi connectivity index (χ1n) is 8.99. The van der Waals surface area contributed by atoms with Crippen LogP contribution in [0.3, 0.4) is 0 Å². The van der Waals surface area contributed by atoms with Gasteiger partial charge in [-0.05, 0) is 48.9 Å². The summed E-state index contributed by atoms with van der Waals surface area (Å²) in [5.41, 5.74) is 4.57. The van der Waals surface area contributed by atoms with E-state index in [0.717, 1.165) is 33.8 Å². The summed E-state index contributed by atoms with van der Waals surface area (Å²) in [5.74, 6) is 0.731. The Morgan fingerprint density at radius 1 is 1.17 bits per heavy atom. The molecular formula is C22H19N3O2S2. The molecule has 0 radical (unpaired) electrons. The van der Waals surface area contributed by atoms with E-state index in [2.05, 4.69) is 0 Å². The number of nitrogens with zero attached hydrogens (tertiary/aromatic N) is 3. The van der Waals surface area contributed by atoms with E-state index in [-0.39, 0.29) is 5.91 Å². The fourth-order valence-electron chi connectivity index (χ4n) is 3.14. The number of hydrogen-bond donors (Lipinski definition) is 0. The summed E-state index contributed by atoms with van der Waals surface area (Å²) < 4.78 is 7.76. The number of carbonyl (C=O) groups is 1. The van der Waals surface area contributed by atoms with Crippen LogP contribution in [0.25, 0.3) is 23.0 Å². The summed E-state index contributed by atoms with van der Waals surface area (Å²) in [5, 5.41) is 4.82. The van der Waals surface area contributed by atoms with E-state index < -0.39 is 0 Å². The van der Waals surface area contributed by atoms with Crippen molar-refractivity contribution in [2.75, 3.05) is 14.2 Å². The van der Waals surface area contributed by atoms with Gasteiger partial charge in [-0.25, -0.2) is 4.68 Å². The zero-order valence-corrected chi connectivity index (χ0v) is 17.9. The predicted octanol–water partition coefficient (Wildman–Crippen LogP) is 4.69. The van der Waals surface area contributed by atoms with Crippen molar-refractivity contribution in [2.45, 2.75) is 6.92 Å². The van der Waals surface area contributed by atoms with Crippen molar-refractivity contribution >= 4 is 40.3 Å². The lowest BCUT2D eigenvalue weighted by Gasteiger charge is -2.07. The van der Waals surface area contributed by atoms with Crippen LogP contribution in [0.5, 0.6) is 5.75 Å². The Kier molecular flexibility index (Phi) is 5.25. The van der Waals surface area contributed by atoms with E-state index in [9.17, 15) is 4.79 Å². The number of likely N-dealkylation sites (N-methyl/N-ethyl adjacent to an activating group) is 1. The normalized spacial score (nSPS) is 15.4. The Hall–Kier alpha value is -2.90. The topological polar surface area (TPSA) is 47.4 Å². The van der Waals surface area contributed by atoms with Crippen molar-refractivity contribution in [1.82, 2.24) is 14.7 Å². The van der Waals surface area contributed by atoms with Crippen molar-refractivity contribution in [3.8, 4) is 22.7 Å². The van der Waals surface area contributed by atoms with E-state index in [4.69, 9.17) is 22.1 Å². The lowest BCUT2D eigenvalue weighted by atomic mass is 10.0. The Bertz CT molecular complexity index is 1140. The van der Waals surface area contributed by atoms with Gasteiger partial charge in [0, 0.05) is 24.4 Å². The molecule has 2 aromatic carbocycles. The molecule has 1 aromatic heterocycles. The molecule has 0 spiro atoms. The minimum Gasteiger partial charge on any atom is -0.496 e. The summed E-state index contributed by atoms with van der Waals surface area (Å²) in [6.45, 7) is 2.00. The van der Waals surface area contributed by atoms with Gasteiger partial charge in [0.25, 0.3) is 5.91 Å². The highest BCUT2D eigenvalue weighted by Gasteiger charge is 2.29. The van der Waals surface area contributed by atoms with Crippen molar-refractivity contribution in [2.24, 2.45) is 0 Å². The minimum absolute atomic E-state index is 0.0932. The van der Waals surface area contributed by atoms with Crippen LogP contribution in [0.4, 0.5) is 0 Å². The second-order valence-electron chi connectivity index (χ2n) is 6.64. The third kappa shape index (κ3) is 3.71. The summed E-state index contributed by atoms with van der Waals surface area (Å²) >= 11 is 6.56. The molecule has 29 heavy (non-hydrogen) atoms. The number of thiocarbonyl (C=S) groups is 1. The maximum absolute atomic E-state index is 12.5. The molecule has 2 heterocycles. The molecule has 7 heteroatoms. The zero-order valence-electron chi connectivity index (χ0n) is 16.2. The summed E-state index contributed by atoms with van der Waals surface area (Å²) in [4.78, 5) is 14.6. The van der Waals surface area contributed by atoms with Crippen molar-refractivity contribution in [3.05, 3.63) is 70.8 Å². The van der Waals surface area contributed by atoms with Crippen LogP contribution < -0.4 is 4.74 Å². The number of para-hydroxylation sites is 1. The highest BCUT2D eigenvalue weighted by Crippen LogP contribution is 2.35. The van der Waals surface area contributed by atoms with Crippen molar-refractivity contribution in [3.63, 3.8) is 0 Å². The quantitative estimate of drug-likeness (QED) is 0.452. The predicted molar refractivity (Wildman–Crippen MR) is 121 cm³/mol. The van der Waals surface area contributed by atoms with Crippen LogP contribution in [0, 0.1) is 6.92 Å². The third-order valence-electron chi connectivity index (χ3n) is 4.70. The minimum atomic E-state index is -0.0932. The van der Waals surface area contributed by atoms with Gasteiger partial charge >= 0.3 is 0 Å². The molecule has 0 bridgehead atoms. The Morgan fingerprint density at radius 3 is 2.55 bits per heavy atom. The second kappa shape index (κ2) is 7.85. The molecule has 0 atom stereocenters. The standard InChI is InChI=1S/C22H19N3O2S2/c1-14-11-15(9-10-18(14)27-3)20-16(12-19-21(26)24(2)22(28)29-19)13-25(23-20)17-7-5-4-6-8-17/h4-13H,1-3H3. The number of ether oxygens (including phenoxy) is 1. The van der Waals surface area contributed by atoms with E-state index in [1.165, 1.54) is 16.7 Å². The number of benzene rings is 2. The smallest absolute Gasteiger partial charge is 0.265 e. The number of hydrogen-bond acceptors (Lipinski definition) is 5. The molecule has 4 rings (SSSR count). The molecule has 1 aliphatic heterocycles. The van der Waals surface area contributed by atoms with Gasteiger partial charge in [0.1, 0.15) is 15.8 Å². The highest BCUT2D eigenvalue weighted by atomic mass is 32.2. The second-order valence-corrected chi connectivity index (χ2v) is 8.31. The fourth-order valence-corrected chi connectivity index (χ4v) is 4.31. The van der Waals surface area contributed by atoms with Gasteiger partial charge in [-0.1, -0.05) is 42.2 Å². The first kappa shape index (κ1) is 19.4. The average Bonchev–Trinajstić information content (AvgIpc) is 3.26. The van der Waals surface area contributed by atoms with Crippen LogP contribution in [0.1, 0.15) is 11.1 Å². The van der Waals surface area contributed by atoms with Gasteiger partial charge in [0.2, 0.25) is 0 Å². The maximum atomic E-state index is 12.5. The molecule has 0 N–H and O–H groups in total. The first-order valence-corrected chi connectivity index (χ1v) is 10.2. The summed E-state index contributed by atoms with van der Waals surface area (Å²) in [7, 11) is 3.35. The van der Waals surface area contributed by atoms with Gasteiger partial charge in [-0.2, -0.15) is 5.10 Å². The number of aromatic nitrogens is 2. The Morgan fingerprint density at radius 2 is 1.93 bits per heavy atom. The number of thioether (sulfide) groups is 1. The highest BCUT2D eigenvalue weighted by molar-refractivity contribution is 8.26. The monoisotopic (exact) mass is 421 g/mol. The van der Waals surface area contributed by atoms with Gasteiger partial charge in [0.15, 0.2) is 0 Å². The molecular weight excluding hydrogens is 402 g/mol. The first-order chi connectivity index (χ1) is 14.0. The van der Waals surface area contributed by atoms with Crippen LogP contribution in [0.15, 0.2) is 59.6 Å². The zero-order chi connectivity index (χ0) is 20.5. The molecule has 0 saturated carbocycles. The van der Waals surface area contributed by atoms with Gasteiger partial charge in [-0.3, -0.25) is 9.69 Å².